The van der Waals surface area contributed by atoms with E-state index >= 15 is 0 Å². The van der Waals surface area contributed by atoms with Gasteiger partial charge >= 0.3 is 0 Å². The predicted octanol–water partition coefficient (Wildman–Crippen LogP) is 1.27. The van der Waals surface area contributed by atoms with Crippen molar-refractivity contribution in [1.82, 2.24) is 0 Å². The number of nitrogens with zero attached hydrogens (tertiary/aromatic N) is 1. The summed E-state index contributed by atoms with van der Waals surface area (Å²) in [4.78, 5) is 4.11. The van der Waals surface area contributed by atoms with Gasteiger partial charge in [0, 0.05) is 6.21 Å². The van der Waals surface area contributed by atoms with E-state index in [9.17, 15) is 0 Å². The van der Waals surface area contributed by atoms with E-state index < -0.39 is 0 Å². The second kappa shape index (κ2) is 2.22. The second-order valence-corrected chi connectivity index (χ2v) is 2.44. The van der Waals surface area contributed by atoms with Gasteiger partial charge in [-0.2, -0.15) is 0 Å². The summed E-state index contributed by atoms with van der Waals surface area (Å²) < 4.78 is 0. The lowest BCUT2D eigenvalue weighted by molar-refractivity contribution is 1.46. The van der Waals surface area contributed by atoms with Gasteiger partial charge in [0.25, 0.3) is 7.41 Å². The zero-order valence-electron chi connectivity index (χ0n) is 5.94. The van der Waals surface area contributed by atoms with Gasteiger partial charge in [-0.05, 0) is 19.4 Å². The summed E-state index contributed by atoms with van der Waals surface area (Å²) in [5.74, 6) is 0. The summed E-state index contributed by atoms with van der Waals surface area (Å²) in [6.07, 6.45) is 1.90. The molecule has 0 aromatic heterocycles. The Hall–Kier alpha value is -0.785. The van der Waals surface area contributed by atoms with E-state index in [1.165, 1.54) is 11.0 Å². The largest absolute Gasteiger partial charge is 0.347 e. The molecule has 1 heterocycles. The first kappa shape index (κ1) is 6.34. The van der Waals surface area contributed by atoms with Gasteiger partial charge in [-0.1, -0.05) is 17.6 Å². The van der Waals surface area contributed by atoms with Crippen molar-refractivity contribution in [1.29, 1.82) is 0 Å². The predicted molar refractivity (Wildman–Crippen MR) is 43.2 cm³/mol. The molecule has 0 bridgehead atoms. The van der Waals surface area contributed by atoms with E-state index in [1.54, 1.807) is 0 Å². The lowest BCUT2D eigenvalue weighted by atomic mass is 9.83. The van der Waals surface area contributed by atoms with E-state index in [0.717, 1.165) is 13.0 Å². The fraction of sp³-hybridized carbons (Fsp3) is 0.286. The maximum Gasteiger partial charge on any atom is 0.290 e. The van der Waals surface area contributed by atoms with Crippen LogP contribution in [0, 0.1) is 0 Å². The Balaban J connectivity index is 2.89. The summed E-state index contributed by atoms with van der Waals surface area (Å²) in [6, 6.07) is 0. The van der Waals surface area contributed by atoms with Crippen molar-refractivity contribution in [2.24, 2.45) is 4.90 Å². The minimum atomic E-state index is 0.863. The third-order valence-corrected chi connectivity index (χ3v) is 1.47. The zero-order valence-corrected chi connectivity index (χ0v) is 5.94. The molecule has 0 unspecified atom stereocenters. The molecule has 1 rings (SSSR count). The Labute approximate surface area is 56.4 Å². The van der Waals surface area contributed by atoms with E-state index in [4.69, 9.17) is 0 Å². The van der Waals surface area contributed by atoms with Crippen molar-refractivity contribution in [2.75, 3.05) is 0 Å². The van der Waals surface area contributed by atoms with Gasteiger partial charge in [-0.15, -0.1) is 0 Å². The first-order valence-electron chi connectivity index (χ1n) is 3.07. The Bertz CT molecular complexity index is 201. The van der Waals surface area contributed by atoms with Crippen LogP contribution in [0.2, 0.25) is 0 Å². The van der Waals surface area contributed by atoms with E-state index in [-0.39, 0.29) is 0 Å². The lowest BCUT2D eigenvalue weighted by Crippen LogP contribution is -1.87. The Morgan fingerprint density at radius 2 is 2.44 bits per heavy atom. The highest BCUT2D eigenvalue weighted by molar-refractivity contribution is 6.48. The van der Waals surface area contributed by atoms with Gasteiger partial charge in [-0.25, -0.2) is 0 Å². The summed E-state index contributed by atoms with van der Waals surface area (Å²) in [5.41, 5.74) is 3.69. The number of allylic oxidation sites excluding steroid dienone is 3. The summed E-state index contributed by atoms with van der Waals surface area (Å²) >= 11 is 0. The van der Waals surface area contributed by atoms with Crippen LogP contribution in [0.15, 0.2) is 28.1 Å². The summed E-state index contributed by atoms with van der Waals surface area (Å²) in [6.45, 7) is 7.94. The van der Waals surface area contributed by atoms with Crippen molar-refractivity contribution in [2.45, 2.75) is 13.8 Å². The Morgan fingerprint density at radius 1 is 1.78 bits per heavy atom. The molecule has 0 N–H and O–H groups in total. The highest BCUT2D eigenvalue weighted by atomic mass is 14.6. The van der Waals surface area contributed by atoms with Gasteiger partial charge in [0.1, 0.15) is 0 Å². The first-order chi connectivity index (χ1) is 4.22. The Morgan fingerprint density at radius 3 is 2.67 bits per heavy atom. The van der Waals surface area contributed by atoms with Crippen LogP contribution in [-0.4, -0.2) is 13.6 Å². The molecule has 46 valence electrons. The van der Waals surface area contributed by atoms with Crippen LogP contribution in [0.3, 0.4) is 0 Å². The monoisotopic (exact) mass is 119 g/mol. The number of rotatable bonds is 1. The minimum absolute atomic E-state index is 0.863. The molecular formula is C7H10BN. The van der Waals surface area contributed by atoms with Crippen LogP contribution in [0.1, 0.15) is 13.8 Å². The molecule has 0 aliphatic carbocycles. The van der Waals surface area contributed by atoms with Gasteiger partial charge in [0.2, 0.25) is 0 Å². The standard InChI is InChI=1S/C7H10BN/c1-5(2)7-4-9-8-6(7)3/h4,8H,1H2,2-3H3. The van der Waals surface area contributed by atoms with E-state index in [0.29, 0.717) is 0 Å². The van der Waals surface area contributed by atoms with E-state index in [1.807, 2.05) is 13.1 Å². The maximum absolute atomic E-state index is 4.11. The zero-order chi connectivity index (χ0) is 6.85. The SMILES string of the molecule is C=C(C)C1=C(C)BN=C1. The average Bonchev–Trinajstić information content (AvgIpc) is 2.13. The molecule has 0 amide bonds. The summed E-state index contributed by atoms with van der Waals surface area (Å²) in [7, 11) is 0.863. The fourth-order valence-corrected chi connectivity index (χ4v) is 0.944. The van der Waals surface area contributed by atoms with Crippen LogP contribution in [0.5, 0.6) is 0 Å². The molecule has 0 aromatic rings. The second-order valence-electron chi connectivity index (χ2n) is 2.44. The molecule has 1 aliphatic rings. The van der Waals surface area contributed by atoms with E-state index in [2.05, 4.69) is 18.4 Å². The van der Waals surface area contributed by atoms with Crippen LogP contribution in [-0.2, 0) is 0 Å². The van der Waals surface area contributed by atoms with Crippen molar-refractivity contribution >= 4 is 13.6 Å². The smallest absolute Gasteiger partial charge is 0.290 e. The number of hydrogen-bond acceptors (Lipinski definition) is 1. The van der Waals surface area contributed by atoms with Gasteiger partial charge in [0.05, 0.1) is 0 Å². The van der Waals surface area contributed by atoms with Gasteiger partial charge in [0.15, 0.2) is 0 Å². The van der Waals surface area contributed by atoms with Crippen LogP contribution >= 0.6 is 0 Å². The quantitative estimate of drug-likeness (QED) is 0.461. The Kier molecular flexibility index (Phi) is 1.56. The molecule has 0 aromatic carbocycles. The number of hydrogen-bond donors (Lipinski definition) is 0. The minimum Gasteiger partial charge on any atom is -0.347 e. The van der Waals surface area contributed by atoms with Crippen molar-refractivity contribution in [3.63, 3.8) is 0 Å². The topological polar surface area (TPSA) is 12.4 Å². The highest BCUT2D eigenvalue weighted by Gasteiger charge is 2.06. The summed E-state index contributed by atoms with van der Waals surface area (Å²) in [5, 5.41) is 0. The van der Waals surface area contributed by atoms with Gasteiger partial charge in [-0.3, -0.25) is 0 Å². The fourth-order valence-electron chi connectivity index (χ4n) is 0.944. The molecule has 2 heteroatoms. The molecule has 0 atom stereocenters. The van der Waals surface area contributed by atoms with Crippen LogP contribution in [0.4, 0.5) is 0 Å². The molecule has 0 saturated carbocycles. The molecule has 1 nitrogen and oxygen atoms in total. The van der Waals surface area contributed by atoms with Gasteiger partial charge < -0.3 is 4.90 Å². The molecule has 0 spiro atoms. The molecule has 1 aliphatic heterocycles. The molecular weight excluding hydrogens is 109 g/mol. The maximum atomic E-state index is 4.11. The molecule has 9 heavy (non-hydrogen) atoms. The molecule has 0 saturated heterocycles. The third kappa shape index (κ3) is 1.12. The lowest BCUT2D eigenvalue weighted by Gasteiger charge is -1.96. The van der Waals surface area contributed by atoms with Crippen LogP contribution < -0.4 is 0 Å². The first-order valence-corrected chi connectivity index (χ1v) is 3.07. The van der Waals surface area contributed by atoms with Crippen molar-refractivity contribution in [3.8, 4) is 0 Å². The normalized spacial score (nSPS) is 16.2. The third-order valence-electron chi connectivity index (χ3n) is 1.47. The molecule has 0 fully saturated rings. The van der Waals surface area contributed by atoms with Crippen molar-refractivity contribution in [3.05, 3.63) is 23.2 Å². The van der Waals surface area contributed by atoms with Crippen LogP contribution in [0.25, 0.3) is 0 Å². The average molecular weight is 119 g/mol. The highest BCUT2D eigenvalue weighted by Crippen LogP contribution is 2.13. The van der Waals surface area contributed by atoms with Crippen molar-refractivity contribution < 1.29 is 0 Å². The molecule has 0 radical (unpaired) electrons.